The number of benzene rings is 2. The number of aromatic nitrogens is 3. The van der Waals surface area contributed by atoms with Crippen LogP contribution in [-0.2, 0) is 9.47 Å². The first kappa shape index (κ1) is 29.3. The van der Waals surface area contributed by atoms with Gasteiger partial charge in [-0.2, -0.15) is 15.0 Å². The number of ether oxygens (including phenoxy) is 2. The summed E-state index contributed by atoms with van der Waals surface area (Å²) in [7, 11) is 0. The molecule has 9 heteroatoms. The Labute approximate surface area is 227 Å². The van der Waals surface area contributed by atoms with Crippen LogP contribution in [0.15, 0.2) is 60.7 Å². The zero-order valence-electron chi connectivity index (χ0n) is 22.7. The number of nitrogens with one attached hydrogen (secondary N) is 3. The van der Waals surface area contributed by atoms with Gasteiger partial charge in [0.15, 0.2) is 0 Å². The highest BCUT2D eigenvalue weighted by Crippen LogP contribution is 2.27. The lowest BCUT2D eigenvalue weighted by atomic mass is 9.88. The van der Waals surface area contributed by atoms with Gasteiger partial charge in [0.05, 0.1) is 26.4 Å². The highest BCUT2D eigenvalue weighted by atomic mass is 16.5. The molecule has 206 valence electrons. The minimum Gasteiger partial charge on any atom is -0.378 e. The highest BCUT2D eigenvalue weighted by Gasteiger charge is 2.14. The fourth-order valence-electron chi connectivity index (χ4n) is 3.95. The van der Waals surface area contributed by atoms with Crippen molar-refractivity contribution in [2.75, 3.05) is 68.6 Å². The number of rotatable bonds is 19. The zero-order valence-corrected chi connectivity index (χ0v) is 22.7. The molecular formula is C29H43N7O2. The van der Waals surface area contributed by atoms with Crippen LogP contribution in [0.25, 0.3) is 0 Å². The minimum absolute atomic E-state index is 0.277. The maximum absolute atomic E-state index is 5.60. The van der Waals surface area contributed by atoms with Crippen LogP contribution in [0, 0.1) is 5.92 Å². The number of nitrogens with zero attached hydrogens (tertiary/aromatic N) is 3. The van der Waals surface area contributed by atoms with Crippen LogP contribution in [0.3, 0.4) is 0 Å². The maximum Gasteiger partial charge on any atom is 0.229 e. The third kappa shape index (κ3) is 11.0. The second-order valence-electron chi connectivity index (χ2n) is 9.45. The molecule has 0 aliphatic rings. The van der Waals surface area contributed by atoms with E-state index >= 15 is 0 Å². The number of hydrogen-bond donors (Lipinski definition) is 4. The smallest absolute Gasteiger partial charge is 0.229 e. The van der Waals surface area contributed by atoms with Crippen LogP contribution in [0.4, 0.5) is 17.8 Å². The van der Waals surface area contributed by atoms with Crippen LogP contribution in [0.1, 0.15) is 43.7 Å². The van der Waals surface area contributed by atoms with Crippen molar-refractivity contribution in [1.29, 1.82) is 0 Å². The van der Waals surface area contributed by atoms with Crippen LogP contribution in [0.5, 0.6) is 0 Å². The molecule has 2 aromatic carbocycles. The predicted octanol–water partition coefficient (Wildman–Crippen LogP) is 4.37. The molecule has 0 radical (unpaired) electrons. The first-order valence-electron chi connectivity index (χ1n) is 13.6. The number of nitrogens with two attached hydrogens (primary N) is 1. The lowest BCUT2D eigenvalue weighted by Crippen LogP contribution is -2.18. The molecule has 0 atom stereocenters. The van der Waals surface area contributed by atoms with Crippen molar-refractivity contribution in [2.24, 2.45) is 11.7 Å². The van der Waals surface area contributed by atoms with E-state index in [1.165, 1.54) is 11.1 Å². The van der Waals surface area contributed by atoms with Crippen molar-refractivity contribution < 1.29 is 9.47 Å². The second-order valence-corrected chi connectivity index (χ2v) is 9.45. The molecule has 1 aromatic heterocycles. The van der Waals surface area contributed by atoms with Gasteiger partial charge in [-0.25, -0.2) is 0 Å². The predicted molar refractivity (Wildman–Crippen MR) is 155 cm³/mol. The summed E-state index contributed by atoms with van der Waals surface area (Å²) < 4.78 is 10.9. The summed E-state index contributed by atoms with van der Waals surface area (Å²) in [5.74, 6) is 2.49. The summed E-state index contributed by atoms with van der Waals surface area (Å²) in [5.41, 5.74) is 8.01. The molecule has 0 aliphatic heterocycles. The first-order valence-corrected chi connectivity index (χ1v) is 13.6. The van der Waals surface area contributed by atoms with E-state index in [9.17, 15) is 0 Å². The van der Waals surface area contributed by atoms with Gasteiger partial charge in [0.25, 0.3) is 0 Å². The topological polar surface area (TPSA) is 119 Å². The number of anilines is 3. The Morgan fingerprint density at radius 2 is 1.11 bits per heavy atom. The lowest BCUT2D eigenvalue weighted by Gasteiger charge is -2.19. The molecule has 0 fully saturated rings. The average molecular weight is 522 g/mol. The van der Waals surface area contributed by atoms with E-state index in [1.807, 2.05) is 0 Å². The van der Waals surface area contributed by atoms with Gasteiger partial charge >= 0.3 is 0 Å². The Hall–Kier alpha value is -3.27. The summed E-state index contributed by atoms with van der Waals surface area (Å²) in [6.45, 7) is 9.15. The van der Waals surface area contributed by atoms with Crippen molar-refractivity contribution >= 4 is 17.8 Å². The molecule has 0 unspecified atom stereocenters. The summed E-state index contributed by atoms with van der Waals surface area (Å²) in [6.07, 6.45) is 1.94. The SMILES string of the molecule is CC(C)CCNc1nc(NCCOCCOCCN)nc(NCCC(c2ccccc2)c2ccccc2)n1. The van der Waals surface area contributed by atoms with Crippen molar-refractivity contribution in [3.05, 3.63) is 71.8 Å². The van der Waals surface area contributed by atoms with Gasteiger partial charge in [0, 0.05) is 32.1 Å². The van der Waals surface area contributed by atoms with Crippen molar-refractivity contribution in [3.8, 4) is 0 Å². The van der Waals surface area contributed by atoms with E-state index in [0.717, 1.165) is 25.9 Å². The van der Waals surface area contributed by atoms with Crippen molar-refractivity contribution in [2.45, 2.75) is 32.6 Å². The van der Waals surface area contributed by atoms with Gasteiger partial charge in [0.1, 0.15) is 0 Å². The average Bonchev–Trinajstić information content (AvgIpc) is 2.93. The third-order valence-corrected chi connectivity index (χ3v) is 5.92. The fourth-order valence-corrected chi connectivity index (χ4v) is 3.95. The molecule has 38 heavy (non-hydrogen) atoms. The normalized spacial score (nSPS) is 11.2. The molecule has 0 saturated heterocycles. The Morgan fingerprint density at radius 3 is 1.61 bits per heavy atom. The van der Waals surface area contributed by atoms with E-state index in [0.29, 0.717) is 63.3 Å². The number of hydrogen-bond acceptors (Lipinski definition) is 9. The zero-order chi connectivity index (χ0) is 26.8. The molecule has 0 spiro atoms. The van der Waals surface area contributed by atoms with Gasteiger partial charge in [-0.1, -0.05) is 74.5 Å². The Morgan fingerprint density at radius 1 is 0.632 bits per heavy atom. The lowest BCUT2D eigenvalue weighted by molar-refractivity contribution is 0.0547. The molecule has 3 rings (SSSR count). The molecule has 1 heterocycles. The van der Waals surface area contributed by atoms with Gasteiger partial charge in [-0.15, -0.1) is 0 Å². The van der Waals surface area contributed by atoms with Crippen LogP contribution in [0.2, 0.25) is 0 Å². The van der Waals surface area contributed by atoms with Crippen molar-refractivity contribution in [1.82, 2.24) is 15.0 Å². The van der Waals surface area contributed by atoms with Crippen LogP contribution < -0.4 is 21.7 Å². The Balaban J connectivity index is 1.59. The third-order valence-electron chi connectivity index (χ3n) is 5.92. The second kappa shape index (κ2) is 17.3. The molecular weight excluding hydrogens is 478 g/mol. The molecule has 9 nitrogen and oxygen atoms in total. The molecule has 5 N–H and O–H groups in total. The molecule has 0 bridgehead atoms. The summed E-state index contributed by atoms with van der Waals surface area (Å²) in [6, 6.07) is 21.2. The summed E-state index contributed by atoms with van der Waals surface area (Å²) >= 11 is 0. The van der Waals surface area contributed by atoms with E-state index in [2.05, 4.69) is 105 Å². The largest absolute Gasteiger partial charge is 0.378 e. The van der Waals surface area contributed by atoms with Gasteiger partial charge in [0.2, 0.25) is 17.8 Å². The van der Waals surface area contributed by atoms with Gasteiger partial charge in [-0.05, 0) is 29.9 Å². The summed E-state index contributed by atoms with van der Waals surface area (Å²) in [4.78, 5) is 13.8. The molecule has 0 saturated carbocycles. The summed E-state index contributed by atoms with van der Waals surface area (Å²) in [5, 5.41) is 10.0. The van der Waals surface area contributed by atoms with Crippen LogP contribution >= 0.6 is 0 Å². The van der Waals surface area contributed by atoms with Gasteiger partial charge < -0.3 is 31.2 Å². The van der Waals surface area contributed by atoms with E-state index in [1.54, 1.807) is 0 Å². The van der Waals surface area contributed by atoms with Crippen LogP contribution in [-0.4, -0.2) is 67.6 Å². The molecule has 3 aromatic rings. The van der Waals surface area contributed by atoms with E-state index in [-0.39, 0.29) is 5.92 Å². The molecule has 0 amide bonds. The Kier molecular flexibility index (Phi) is 13.3. The molecule has 0 aliphatic carbocycles. The monoisotopic (exact) mass is 521 g/mol. The Bertz CT molecular complexity index is 982. The van der Waals surface area contributed by atoms with E-state index < -0.39 is 0 Å². The fraction of sp³-hybridized carbons (Fsp3) is 0.483. The highest BCUT2D eigenvalue weighted by molar-refractivity contribution is 5.42. The van der Waals surface area contributed by atoms with E-state index in [4.69, 9.17) is 15.2 Å². The standard InChI is InChI=1S/C29H43N7O2/c1-23(2)13-16-31-27-34-28(36-29(35-27)33-18-20-38-22-21-37-19-15-30)32-17-14-26(24-9-5-3-6-10-24)25-11-7-4-8-12-25/h3-12,23,26H,13-22,30H2,1-2H3,(H3,31,32,33,34,35,36). The minimum atomic E-state index is 0.277. The van der Waals surface area contributed by atoms with Crippen molar-refractivity contribution in [3.63, 3.8) is 0 Å². The quantitative estimate of drug-likeness (QED) is 0.171. The first-order chi connectivity index (χ1) is 18.7. The van der Waals surface area contributed by atoms with Gasteiger partial charge in [-0.3, -0.25) is 0 Å². The maximum atomic E-state index is 5.60.